The van der Waals surface area contributed by atoms with Gasteiger partial charge in [-0.2, -0.15) is 0 Å². The summed E-state index contributed by atoms with van der Waals surface area (Å²) in [6.45, 7) is 0.813. The van der Waals surface area contributed by atoms with E-state index in [1.807, 2.05) is 0 Å². The van der Waals surface area contributed by atoms with E-state index in [0.717, 1.165) is 17.0 Å². The van der Waals surface area contributed by atoms with Gasteiger partial charge >= 0.3 is 0 Å². The average Bonchev–Trinajstić information content (AvgIpc) is 2.48. The molecule has 0 radical (unpaired) electrons. The van der Waals surface area contributed by atoms with Gasteiger partial charge in [0.1, 0.15) is 18.2 Å². The second kappa shape index (κ2) is 7.32. The molecule has 0 saturated carbocycles. The number of rotatable bonds is 4. The third-order valence-electron chi connectivity index (χ3n) is 3.03. The maximum absolute atomic E-state index is 13.8. The third kappa shape index (κ3) is 4.35. The molecule has 0 unspecified atom stereocenters. The molecule has 0 bridgehead atoms. The van der Waals surface area contributed by atoms with Gasteiger partial charge in [-0.3, -0.25) is 9.59 Å². The Kier molecular flexibility index (Phi) is 5.44. The van der Waals surface area contributed by atoms with Gasteiger partial charge in [0.15, 0.2) is 0 Å². The van der Waals surface area contributed by atoms with E-state index in [1.165, 1.54) is 6.92 Å². The molecule has 2 aromatic carbocycles. The van der Waals surface area contributed by atoms with Crippen molar-refractivity contribution in [2.45, 2.75) is 6.92 Å². The zero-order chi connectivity index (χ0) is 17.0. The van der Waals surface area contributed by atoms with Crippen molar-refractivity contribution in [3.63, 3.8) is 0 Å². The van der Waals surface area contributed by atoms with Crippen LogP contribution in [0.2, 0.25) is 0 Å². The molecule has 23 heavy (non-hydrogen) atoms. The van der Waals surface area contributed by atoms with Crippen LogP contribution in [0.25, 0.3) is 0 Å². The number of hydrogen-bond donors (Lipinski definition) is 1. The lowest BCUT2D eigenvalue weighted by Crippen LogP contribution is -2.37. The highest BCUT2D eigenvalue weighted by molar-refractivity contribution is 9.10. The van der Waals surface area contributed by atoms with Gasteiger partial charge in [0.05, 0.1) is 11.4 Å². The molecule has 0 aliphatic carbocycles. The summed E-state index contributed by atoms with van der Waals surface area (Å²) >= 11 is 3.29. The number of para-hydroxylation sites is 1. The summed E-state index contributed by atoms with van der Waals surface area (Å²) in [5.74, 6) is -2.70. The first-order valence-electron chi connectivity index (χ1n) is 6.66. The van der Waals surface area contributed by atoms with Crippen molar-refractivity contribution < 1.29 is 18.4 Å². The maximum Gasteiger partial charge on any atom is 0.244 e. The van der Waals surface area contributed by atoms with Crippen molar-refractivity contribution in [1.82, 2.24) is 0 Å². The molecular weight excluding hydrogens is 370 g/mol. The van der Waals surface area contributed by atoms with E-state index in [9.17, 15) is 18.4 Å². The van der Waals surface area contributed by atoms with Crippen LogP contribution in [0.5, 0.6) is 0 Å². The Labute approximate surface area is 140 Å². The number of nitrogens with one attached hydrogen (secondary N) is 1. The van der Waals surface area contributed by atoms with E-state index in [2.05, 4.69) is 21.2 Å². The fourth-order valence-electron chi connectivity index (χ4n) is 1.96. The summed E-state index contributed by atoms with van der Waals surface area (Å²) in [4.78, 5) is 24.8. The first-order valence-corrected chi connectivity index (χ1v) is 7.45. The summed E-state index contributed by atoms with van der Waals surface area (Å²) in [6, 6.07) is 9.77. The molecule has 2 rings (SSSR count). The SMILES string of the molecule is CC(=O)N(CC(=O)Nc1ccccc1Br)c1ccc(F)cc1F. The molecule has 0 saturated heterocycles. The van der Waals surface area contributed by atoms with Crippen molar-refractivity contribution in [3.8, 4) is 0 Å². The summed E-state index contributed by atoms with van der Waals surface area (Å²) in [5.41, 5.74) is 0.377. The molecule has 4 nitrogen and oxygen atoms in total. The van der Waals surface area contributed by atoms with Crippen LogP contribution >= 0.6 is 15.9 Å². The van der Waals surface area contributed by atoms with Crippen molar-refractivity contribution >= 4 is 39.1 Å². The highest BCUT2D eigenvalue weighted by atomic mass is 79.9. The van der Waals surface area contributed by atoms with Crippen LogP contribution in [0.15, 0.2) is 46.9 Å². The second-order valence-electron chi connectivity index (χ2n) is 4.73. The molecule has 0 heterocycles. The van der Waals surface area contributed by atoms with Gasteiger partial charge in [-0.25, -0.2) is 8.78 Å². The van der Waals surface area contributed by atoms with Crippen LogP contribution in [0.3, 0.4) is 0 Å². The predicted molar refractivity (Wildman–Crippen MR) is 87.2 cm³/mol. The minimum absolute atomic E-state index is 0.152. The standard InChI is InChI=1S/C16H13BrF2N2O2/c1-10(22)21(15-7-6-11(18)8-13(15)19)9-16(23)20-14-5-3-2-4-12(14)17/h2-8H,9H2,1H3,(H,20,23). The minimum Gasteiger partial charge on any atom is -0.324 e. The predicted octanol–water partition coefficient (Wildman–Crippen LogP) is 3.72. The molecule has 7 heteroatoms. The summed E-state index contributed by atoms with van der Waals surface area (Å²) < 4.78 is 27.5. The van der Waals surface area contributed by atoms with E-state index in [-0.39, 0.29) is 12.2 Å². The Hall–Kier alpha value is -2.28. The Morgan fingerprint density at radius 1 is 1.17 bits per heavy atom. The number of carbonyl (C=O) groups is 2. The first-order chi connectivity index (χ1) is 10.9. The lowest BCUT2D eigenvalue weighted by atomic mass is 10.2. The number of carbonyl (C=O) groups excluding carboxylic acids is 2. The third-order valence-corrected chi connectivity index (χ3v) is 3.72. The molecule has 120 valence electrons. The van der Waals surface area contributed by atoms with Crippen molar-refractivity contribution in [3.05, 3.63) is 58.6 Å². The topological polar surface area (TPSA) is 49.4 Å². The number of hydrogen-bond acceptors (Lipinski definition) is 2. The molecule has 0 spiro atoms. The number of benzene rings is 2. The van der Waals surface area contributed by atoms with E-state index in [0.29, 0.717) is 16.2 Å². The Morgan fingerprint density at radius 2 is 1.87 bits per heavy atom. The van der Waals surface area contributed by atoms with Crippen LogP contribution < -0.4 is 10.2 Å². The van der Waals surface area contributed by atoms with Crippen molar-refractivity contribution in [1.29, 1.82) is 0 Å². The molecule has 0 atom stereocenters. The second-order valence-corrected chi connectivity index (χ2v) is 5.58. The van der Waals surface area contributed by atoms with E-state index in [1.54, 1.807) is 24.3 Å². The smallest absolute Gasteiger partial charge is 0.244 e. The summed E-state index contributed by atoms with van der Waals surface area (Å²) in [7, 11) is 0. The van der Waals surface area contributed by atoms with E-state index >= 15 is 0 Å². The van der Waals surface area contributed by atoms with E-state index < -0.39 is 23.4 Å². The molecule has 0 fully saturated rings. The highest BCUT2D eigenvalue weighted by Gasteiger charge is 2.20. The molecule has 0 aliphatic heterocycles. The van der Waals surface area contributed by atoms with Crippen molar-refractivity contribution in [2.24, 2.45) is 0 Å². The first kappa shape index (κ1) is 17.1. The van der Waals surface area contributed by atoms with Crippen LogP contribution in [-0.2, 0) is 9.59 Å². The molecule has 2 aromatic rings. The van der Waals surface area contributed by atoms with Crippen LogP contribution in [-0.4, -0.2) is 18.4 Å². The summed E-state index contributed by atoms with van der Waals surface area (Å²) in [6.07, 6.45) is 0. The fraction of sp³-hybridized carbons (Fsp3) is 0.125. The lowest BCUT2D eigenvalue weighted by molar-refractivity contribution is -0.120. The van der Waals surface area contributed by atoms with Crippen LogP contribution in [0.1, 0.15) is 6.92 Å². The molecule has 1 N–H and O–H groups in total. The number of nitrogens with zero attached hydrogens (tertiary/aromatic N) is 1. The monoisotopic (exact) mass is 382 g/mol. The summed E-state index contributed by atoms with van der Waals surface area (Å²) in [5, 5.41) is 2.62. The highest BCUT2D eigenvalue weighted by Crippen LogP contribution is 2.23. The molecule has 0 aromatic heterocycles. The maximum atomic E-state index is 13.8. The minimum atomic E-state index is -0.908. The van der Waals surface area contributed by atoms with E-state index in [4.69, 9.17) is 0 Å². The Balaban J connectivity index is 2.18. The normalized spacial score (nSPS) is 10.3. The van der Waals surface area contributed by atoms with Gasteiger partial charge in [-0.15, -0.1) is 0 Å². The number of anilines is 2. The van der Waals surface area contributed by atoms with Gasteiger partial charge in [0, 0.05) is 17.5 Å². The van der Waals surface area contributed by atoms with Crippen LogP contribution in [0.4, 0.5) is 20.2 Å². The van der Waals surface area contributed by atoms with Gasteiger partial charge in [0.25, 0.3) is 0 Å². The van der Waals surface area contributed by atoms with Crippen LogP contribution in [0, 0.1) is 11.6 Å². The number of amides is 2. The van der Waals surface area contributed by atoms with Gasteiger partial charge < -0.3 is 10.2 Å². The molecule has 0 aliphatic rings. The van der Waals surface area contributed by atoms with Gasteiger partial charge in [-0.05, 0) is 40.2 Å². The largest absolute Gasteiger partial charge is 0.324 e. The molecular formula is C16H13BrF2N2O2. The van der Waals surface area contributed by atoms with Gasteiger partial charge in [-0.1, -0.05) is 12.1 Å². The van der Waals surface area contributed by atoms with Gasteiger partial charge in [0.2, 0.25) is 11.8 Å². The number of halogens is 3. The zero-order valence-electron chi connectivity index (χ0n) is 12.1. The van der Waals surface area contributed by atoms with Crippen molar-refractivity contribution in [2.75, 3.05) is 16.8 Å². The average molecular weight is 383 g/mol. The Morgan fingerprint density at radius 3 is 2.48 bits per heavy atom. The Bertz CT molecular complexity index is 753. The molecule has 2 amide bonds. The quantitative estimate of drug-likeness (QED) is 0.875. The zero-order valence-corrected chi connectivity index (χ0v) is 13.7. The lowest BCUT2D eigenvalue weighted by Gasteiger charge is -2.21. The fourth-order valence-corrected chi connectivity index (χ4v) is 2.35.